The molecule has 0 saturated carbocycles. The Balaban J connectivity index is 3.12. The van der Waals surface area contributed by atoms with Crippen LogP contribution >= 0.6 is 0 Å². The molecule has 2 heteroatoms. The fourth-order valence-electron chi connectivity index (χ4n) is 2.36. The molecule has 0 spiro atoms. The Kier molecular flexibility index (Phi) is 5.15. The van der Waals surface area contributed by atoms with Crippen LogP contribution in [0.5, 0.6) is 0 Å². The summed E-state index contributed by atoms with van der Waals surface area (Å²) >= 11 is 0. The van der Waals surface area contributed by atoms with Crippen molar-refractivity contribution in [3.05, 3.63) is 23.5 Å². The van der Waals surface area contributed by atoms with E-state index in [1.165, 1.54) is 12.1 Å². The first-order chi connectivity index (χ1) is 8.20. The summed E-state index contributed by atoms with van der Waals surface area (Å²) in [6.45, 7) is 16.4. The largest absolute Gasteiger partial charge is 0.261 e. The zero-order chi connectivity index (χ0) is 13.9. The van der Waals surface area contributed by atoms with Crippen molar-refractivity contribution in [3.63, 3.8) is 0 Å². The van der Waals surface area contributed by atoms with Crippen molar-refractivity contribution in [1.82, 2.24) is 4.98 Å². The zero-order valence-corrected chi connectivity index (χ0v) is 14.2. The maximum Gasteiger partial charge on any atom is 0.0799 e. The lowest BCUT2D eigenvalue weighted by Crippen LogP contribution is -2.41. The highest BCUT2D eigenvalue weighted by Crippen LogP contribution is 2.14. The predicted octanol–water partition coefficient (Wildman–Crippen LogP) is 4.02. The average molecular weight is 264 g/mol. The highest BCUT2D eigenvalue weighted by molar-refractivity contribution is 6.89. The number of hydrogen-bond donors (Lipinski definition) is 0. The van der Waals surface area contributed by atoms with Crippen LogP contribution in [0.2, 0.25) is 19.6 Å². The molecule has 18 heavy (non-hydrogen) atoms. The van der Waals surface area contributed by atoms with Crippen LogP contribution in [-0.4, -0.2) is 13.1 Å². The van der Waals surface area contributed by atoms with E-state index in [0.717, 1.165) is 12.3 Å². The monoisotopic (exact) mass is 263 g/mol. The van der Waals surface area contributed by atoms with Crippen LogP contribution in [0.25, 0.3) is 0 Å². The van der Waals surface area contributed by atoms with Crippen LogP contribution < -0.4 is 5.19 Å². The van der Waals surface area contributed by atoms with Gasteiger partial charge >= 0.3 is 0 Å². The standard InChI is InChI=1S/C16H29NSi/c1-12(2)8-14-10-15(9-13(3)4)17-11-16(14)18(5,6)7/h10-13H,8-9H2,1-7H3. The summed E-state index contributed by atoms with van der Waals surface area (Å²) in [6, 6.07) is 2.37. The minimum Gasteiger partial charge on any atom is -0.261 e. The van der Waals surface area contributed by atoms with E-state index in [4.69, 9.17) is 0 Å². The first-order valence-electron chi connectivity index (χ1n) is 7.18. The molecule has 0 N–H and O–H groups in total. The van der Waals surface area contributed by atoms with Gasteiger partial charge in [-0.15, -0.1) is 0 Å². The van der Waals surface area contributed by atoms with E-state index in [2.05, 4.69) is 64.6 Å². The maximum absolute atomic E-state index is 4.69. The van der Waals surface area contributed by atoms with E-state index in [1.54, 1.807) is 10.8 Å². The van der Waals surface area contributed by atoms with Gasteiger partial charge in [-0.2, -0.15) is 0 Å². The van der Waals surface area contributed by atoms with Gasteiger partial charge in [-0.3, -0.25) is 4.98 Å². The quantitative estimate of drug-likeness (QED) is 0.731. The van der Waals surface area contributed by atoms with Crippen molar-refractivity contribution in [3.8, 4) is 0 Å². The molecule has 0 aromatic carbocycles. The molecule has 0 atom stereocenters. The fourth-order valence-corrected chi connectivity index (χ4v) is 3.95. The molecule has 0 aliphatic carbocycles. The van der Waals surface area contributed by atoms with E-state index < -0.39 is 8.07 Å². The summed E-state index contributed by atoms with van der Waals surface area (Å²) in [5.41, 5.74) is 2.82. The number of aromatic nitrogens is 1. The van der Waals surface area contributed by atoms with Crippen LogP contribution in [0, 0.1) is 11.8 Å². The zero-order valence-electron chi connectivity index (χ0n) is 13.2. The van der Waals surface area contributed by atoms with Gasteiger partial charge in [0.15, 0.2) is 0 Å². The van der Waals surface area contributed by atoms with Crippen molar-refractivity contribution in [2.45, 2.75) is 60.2 Å². The third-order valence-corrected chi connectivity index (χ3v) is 5.17. The van der Waals surface area contributed by atoms with E-state index in [9.17, 15) is 0 Å². The predicted molar refractivity (Wildman–Crippen MR) is 84.3 cm³/mol. The summed E-state index contributed by atoms with van der Waals surface area (Å²) in [7, 11) is -1.27. The van der Waals surface area contributed by atoms with Crippen molar-refractivity contribution in [2.75, 3.05) is 0 Å². The number of rotatable bonds is 5. The first-order valence-corrected chi connectivity index (χ1v) is 10.7. The van der Waals surface area contributed by atoms with Gasteiger partial charge in [0.2, 0.25) is 0 Å². The summed E-state index contributed by atoms with van der Waals surface area (Å²) in [4.78, 5) is 4.69. The summed E-state index contributed by atoms with van der Waals surface area (Å²) in [5, 5.41) is 1.55. The summed E-state index contributed by atoms with van der Waals surface area (Å²) < 4.78 is 0. The van der Waals surface area contributed by atoms with Crippen molar-refractivity contribution in [2.24, 2.45) is 11.8 Å². The smallest absolute Gasteiger partial charge is 0.0799 e. The lowest BCUT2D eigenvalue weighted by Gasteiger charge is -2.22. The van der Waals surface area contributed by atoms with Crippen LogP contribution in [0.15, 0.2) is 12.3 Å². The van der Waals surface area contributed by atoms with Crippen molar-refractivity contribution < 1.29 is 0 Å². The molecule has 1 nitrogen and oxygen atoms in total. The second kappa shape index (κ2) is 6.01. The van der Waals surface area contributed by atoms with E-state index in [0.29, 0.717) is 5.92 Å². The Labute approximate surface area is 114 Å². The van der Waals surface area contributed by atoms with Crippen molar-refractivity contribution in [1.29, 1.82) is 0 Å². The van der Waals surface area contributed by atoms with Gasteiger partial charge in [-0.05, 0) is 41.5 Å². The molecule has 1 aromatic heterocycles. The molecule has 102 valence electrons. The Bertz CT molecular complexity index is 389. The third kappa shape index (κ3) is 4.56. The molecule has 0 fully saturated rings. The van der Waals surface area contributed by atoms with Gasteiger partial charge in [-0.25, -0.2) is 0 Å². The minimum absolute atomic E-state index is 0.683. The van der Waals surface area contributed by atoms with Crippen LogP contribution in [0.3, 0.4) is 0 Å². The number of hydrogen-bond acceptors (Lipinski definition) is 1. The van der Waals surface area contributed by atoms with E-state index >= 15 is 0 Å². The van der Waals surface area contributed by atoms with E-state index in [-0.39, 0.29) is 0 Å². The van der Waals surface area contributed by atoms with E-state index in [1.807, 2.05) is 0 Å². The van der Waals surface area contributed by atoms with Gasteiger partial charge in [0, 0.05) is 11.9 Å². The molecule has 0 saturated heterocycles. The highest BCUT2D eigenvalue weighted by atomic mass is 28.3. The molecular formula is C16H29NSi. The molecule has 1 heterocycles. The van der Waals surface area contributed by atoms with Gasteiger partial charge < -0.3 is 0 Å². The molecular weight excluding hydrogens is 234 g/mol. The molecule has 0 amide bonds. The molecule has 0 bridgehead atoms. The van der Waals surface area contributed by atoms with Gasteiger partial charge in [0.1, 0.15) is 0 Å². The molecule has 0 aliphatic heterocycles. The highest BCUT2D eigenvalue weighted by Gasteiger charge is 2.21. The fraction of sp³-hybridized carbons (Fsp3) is 0.688. The van der Waals surface area contributed by atoms with Gasteiger partial charge in [-0.1, -0.05) is 47.3 Å². The molecule has 0 radical (unpaired) electrons. The minimum atomic E-state index is -1.27. The topological polar surface area (TPSA) is 12.9 Å². The first kappa shape index (κ1) is 15.4. The Hall–Kier alpha value is -0.633. The number of nitrogens with zero attached hydrogens (tertiary/aromatic N) is 1. The lowest BCUT2D eigenvalue weighted by atomic mass is 10.0. The number of pyridine rings is 1. The van der Waals surface area contributed by atoms with Crippen LogP contribution in [0.1, 0.15) is 39.0 Å². The average Bonchev–Trinajstić information content (AvgIpc) is 2.13. The second-order valence-electron chi connectivity index (χ2n) is 7.28. The van der Waals surface area contributed by atoms with Crippen LogP contribution in [0.4, 0.5) is 0 Å². The third-order valence-electron chi connectivity index (χ3n) is 3.10. The Morgan fingerprint density at radius 1 is 1.00 bits per heavy atom. The van der Waals surface area contributed by atoms with Gasteiger partial charge in [0.05, 0.1) is 8.07 Å². The van der Waals surface area contributed by atoms with Crippen LogP contribution in [-0.2, 0) is 12.8 Å². The molecule has 1 rings (SSSR count). The SMILES string of the molecule is CC(C)Cc1cc(CC(C)C)c([Si](C)(C)C)cn1. The Morgan fingerprint density at radius 2 is 1.56 bits per heavy atom. The molecule has 0 unspecified atom stereocenters. The second-order valence-corrected chi connectivity index (χ2v) is 12.3. The van der Waals surface area contributed by atoms with Crippen molar-refractivity contribution >= 4 is 13.3 Å². The summed E-state index contributed by atoms with van der Waals surface area (Å²) in [6.07, 6.45) is 4.45. The molecule has 0 aliphatic rings. The normalized spacial score (nSPS) is 12.5. The molecule has 1 aromatic rings. The summed E-state index contributed by atoms with van der Waals surface area (Å²) in [5.74, 6) is 1.40. The van der Waals surface area contributed by atoms with Gasteiger partial charge in [0.25, 0.3) is 0 Å². The lowest BCUT2D eigenvalue weighted by molar-refractivity contribution is 0.627. The Morgan fingerprint density at radius 3 is 2.00 bits per heavy atom. The maximum atomic E-state index is 4.69.